The summed E-state index contributed by atoms with van der Waals surface area (Å²) in [5.74, 6) is 1.59. The Kier molecular flexibility index (Phi) is 6.63. The minimum Gasteiger partial charge on any atom is -0.330 e. The first-order valence-electron chi connectivity index (χ1n) is 4.87. The quantitative estimate of drug-likeness (QED) is 0.589. The van der Waals surface area contributed by atoms with Gasteiger partial charge in [-0.3, -0.25) is 0 Å². The fraction of sp³-hybridized carbons (Fsp3) is 1.00. The summed E-state index contributed by atoms with van der Waals surface area (Å²) in [5.41, 5.74) is 5.51. The standard InChI is InChI=1S/C10H23N/c1-9(2)6-4-5-7-10(3)8-11/h9-10H,4-8,11H2,1-3H3/t10-/m1/s1. The van der Waals surface area contributed by atoms with Crippen LogP contribution in [0.4, 0.5) is 0 Å². The summed E-state index contributed by atoms with van der Waals surface area (Å²) in [4.78, 5) is 0. The average Bonchev–Trinajstić information content (AvgIpc) is 1.97. The molecule has 0 aliphatic heterocycles. The molecule has 0 unspecified atom stereocenters. The molecule has 11 heavy (non-hydrogen) atoms. The lowest BCUT2D eigenvalue weighted by Crippen LogP contribution is -2.10. The normalized spacial score (nSPS) is 13.9. The third kappa shape index (κ3) is 7.86. The zero-order chi connectivity index (χ0) is 8.69. The van der Waals surface area contributed by atoms with Crippen LogP contribution in [0.1, 0.15) is 46.5 Å². The van der Waals surface area contributed by atoms with Gasteiger partial charge < -0.3 is 5.73 Å². The molecule has 0 aromatic heterocycles. The summed E-state index contributed by atoms with van der Waals surface area (Å²) in [6, 6.07) is 0. The maximum atomic E-state index is 5.51. The average molecular weight is 157 g/mol. The molecule has 0 aliphatic carbocycles. The predicted molar refractivity (Wildman–Crippen MR) is 51.5 cm³/mol. The molecular formula is C10H23N. The molecule has 0 aliphatic rings. The Morgan fingerprint density at radius 1 is 1.00 bits per heavy atom. The van der Waals surface area contributed by atoms with E-state index >= 15 is 0 Å². The van der Waals surface area contributed by atoms with Gasteiger partial charge in [-0.2, -0.15) is 0 Å². The lowest BCUT2D eigenvalue weighted by Gasteiger charge is -2.08. The van der Waals surface area contributed by atoms with Gasteiger partial charge in [-0.1, -0.05) is 40.0 Å². The molecule has 1 atom stereocenters. The highest BCUT2D eigenvalue weighted by molar-refractivity contribution is 4.54. The second kappa shape index (κ2) is 6.66. The Hall–Kier alpha value is -0.0400. The molecule has 1 nitrogen and oxygen atoms in total. The molecule has 0 heterocycles. The van der Waals surface area contributed by atoms with Gasteiger partial charge in [0, 0.05) is 0 Å². The van der Waals surface area contributed by atoms with Crippen molar-refractivity contribution < 1.29 is 0 Å². The molecule has 68 valence electrons. The van der Waals surface area contributed by atoms with Crippen molar-refractivity contribution in [3.63, 3.8) is 0 Å². The SMILES string of the molecule is CC(C)CCCC[C@@H](C)CN. The van der Waals surface area contributed by atoms with Crippen LogP contribution in [0, 0.1) is 11.8 Å². The molecule has 0 radical (unpaired) electrons. The van der Waals surface area contributed by atoms with E-state index in [1.807, 2.05) is 0 Å². The van der Waals surface area contributed by atoms with E-state index in [9.17, 15) is 0 Å². The van der Waals surface area contributed by atoms with Crippen molar-refractivity contribution in [2.75, 3.05) is 6.54 Å². The van der Waals surface area contributed by atoms with Gasteiger partial charge in [0.25, 0.3) is 0 Å². The van der Waals surface area contributed by atoms with Gasteiger partial charge in [-0.15, -0.1) is 0 Å². The fourth-order valence-electron chi connectivity index (χ4n) is 1.16. The van der Waals surface area contributed by atoms with Crippen LogP contribution in [-0.2, 0) is 0 Å². The predicted octanol–water partition coefficient (Wildman–Crippen LogP) is 2.80. The summed E-state index contributed by atoms with van der Waals surface area (Å²) in [5, 5.41) is 0. The maximum absolute atomic E-state index is 5.51. The first kappa shape index (κ1) is 11.0. The van der Waals surface area contributed by atoms with E-state index in [1.165, 1.54) is 25.7 Å². The number of nitrogens with two attached hydrogens (primary N) is 1. The van der Waals surface area contributed by atoms with E-state index < -0.39 is 0 Å². The Morgan fingerprint density at radius 2 is 1.55 bits per heavy atom. The van der Waals surface area contributed by atoms with E-state index in [0.29, 0.717) is 0 Å². The Morgan fingerprint density at radius 3 is 2.00 bits per heavy atom. The molecule has 0 fully saturated rings. The lowest BCUT2D eigenvalue weighted by molar-refractivity contribution is 0.468. The van der Waals surface area contributed by atoms with Crippen molar-refractivity contribution in [2.24, 2.45) is 17.6 Å². The second-order valence-corrected chi connectivity index (χ2v) is 4.02. The van der Waals surface area contributed by atoms with E-state index in [0.717, 1.165) is 18.4 Å². The Labute approximate surface area is 71.4 Å². The van der Waals surface area contributed by atoms with Crippen LogP contribution in [0.3, 0.4) is 0 Å². The summed E-state index contributed by atoms with van der Waals surface area (Å²) in [6.07, 6.45) is 5.42. The van der Waals surface area contributed by atoms with Gasteiger partial charge in [0.1, 0.15) is 0 Å². The van der Waals surface area contributed by atoms with Crippen LogP contribution < -0.4 is 5.73 Å². The third-order valence-electron chi connectivity index (χ3n) is 2.13. The summed E-state index contributed by atoms with van der Waals surface area (Å²) in [7, 11) is 0. The van der Waals surface area contributed by atoms with Crippen molar-refractivity contribution in [1.82, 2.24) is 0 Å². The summed E-state index contributed by atoms with van der Waals surface area (Å²) < 4.78 is 0. The van der Waals surface area contributed by atoms with Gasteiger partial charge in [-0.25, -0.2) is 0 Å². The number of rotatable bonds is 6. The second-order valence-electron chi connectivity index (χ2n) is 4.02. The number of hydrogen-bond acceptors (Lipinski definition) is 1. The minimum absolute atomic E-state index is 0.724. The molecule has 0 aromatic rings. The molecule has 0 rings (SSSR count). The summed E-state index contributed by atoms with van der Waals surface area (Å²) >= 11 is 0. The smallest absolute Gasteiger partial charge is 0.00515 e. The largest absolute Gasteiger partial charge is 0.330 e. The Bertz CT molecular complexity index is 78.9. The van der Waals surface area contributed by atoms with Gasteiger partial charge in [0.05, 0.1) is 0 Å². The fourth-order valence-corrected chi connectivity index (χ4v) is 1.16. The number of unbranched alkanes of at least 4 members (excludes halogenated alkanes) is 1. The van der Waals surface area contributed by atoms with Crippen LogP contribution in [0.2, 0.25) is 0 Å². The molecule has 0 amide bonds. The lowest BCUT2D eigenvalue weighted by atomic mass is 10.0. The molecule has 1 heteroatoms. The molecule has 2 N–H and O–H groups in total. The highest BCUT2D eigenvalue weighted by Crippen LogP contribution is 2.11. The van der Waals surface area contributed by atoms with Crippen molar-refractivity contribution in [2.45, 2.75) is 46.5 Å². The molecule has 0 spiro atoms. The maximum Gasteiger partial charge on any atom is -0.00515 e. The van der Waals surface area contributed by atoms with E-state index in [1.54, 1.807) is 0 Å². The van der Waals surface area contributed by atoms with E-state index in [-0.39, 0.29) is 0 Å². The first-order valence-corrected chi connectivity index (χ1v) is 4.87. The third-order valence-corrected chi connectivity index (χ3v) is 2.13. The number of hydrogen-bond donors (Lipinski definition) is 1. The minimum atomic E-state index is 0.724. The topological polar surface area (TPSA) is 26.0 Å². The molecule has 0 bridgehead atoms. The van der Waals surface area contributed by atoms with Crippen LogP contribution >= 0.6 is 0 Å². The Balaban J connectivity index is 3.01. The zero-order valence-electron chi connectivity index (χ0n) is 8.27. The van der Waals surface area contributed by atoms with Crippen LogP contribution in [0.15, 0.2) is 0 Å². The van der Waals surface area contributed by atoms with E-state index in [2.05, 4.69) is 20.8 Å². The van der Waals surface area contributed by atoms with Gasteiger partial charge >= 0.3 is 0 Å². The van der Waals surface area contributed by atoms with Crippen LogP contribution in [0.5, 0.6) is 0 Å². The highest BCUT2D eigenvalue weighted by Gasteiger charge is 1.99. The van der Waals surface area contributed by atoms with E-state index in [4.69, 9.17) is 5.73 Å². The van der Waals surface area contributed by atoms with Gasteiger partial charge in [0.15, 0.2) is 0 Å². The van der Waals surface area contributed by atoms with Crippen LogP contribution in [-0.4, -0.2) is 6.54 Å². The molecule has 0 aromatic carbocycles. The molecular weight excluding hydrogens is 134 g/mol. The first-order chi connectivity index (χ1) is 5.16. The molecule has 0 saturated heterocycles. The van der Waals surface area contributed by atoms with Gasteiger partial charge in [0.2, 0.25) is 0 Å². The monoisotopic (exact) mass is 157 g/mol. The van der Waals surface area contributed by atoms with Crippen LogP contribution in [0.25, 0.3) is 0 Å². The molecule has 0 saturated carbocycles. The van der Waals surface area contributed by atoms with Crippen molar-refractivity contribution in [1.29, 1.82) is 0 Å². The van der Waals surface area contributed by atoms with Crippen molar-refractivity contribution >= 4 is 0 Å². The highest BCUT2D eigenvalue weighted by atomic mass is 14.5. The summed E-state index contributed by atoms with van der Waals surface area (Å²) in [6.45, 7) is 7.65. The zero-order valence-corrected chi connectivity index (χ0v) is 8.27. The van der Waals surface area contributed by atoms with Crippen molar-refractivity contribution in [3.05, 3.63) is 0 Å². The van der Waals surface area contributed by atoms with Gasteiger partial charge in [-0.05, 0) is 24.8 Å². The van der Waals surface area contributed by atoms with Crippen molar-refractivity contribution in [3.8, 4) is 0 Å².